The van der Waals surface area contributed by atoms with Crippen molar-refractivity contribution >= 4 is 65.2 Å². The standard InChI is InChI=1S/C26H40N8O18/c1-28-10(3-17(40)41)21(47)32-14(7-36)25(51)30-12(5-19(44)45)23(49)34-15(8-37)26(52)31-11(4-18(42)43)22(48)33-13(6-35)24(50)29-9(20(27)46)2-16(38)39/h9-15,28,35-37H,2-8H2,1H3,(H2,27,46)(H,29,50)(H,30,51)(H,31,52)(H,32,47)(H,33,48)(H,34,49)(H,38,39)(H,40,41)(H,42,43)(H,44,45)/p-4/t9-,10-,11-,12-,13?,14?,15?/m0/s1. The van der Waals surface area contributed by atoms with Crippen LogP contribution in [0.3, 0.4) is 0 Å². The van der Waals surface area contributed by atoms with E-state index in [4.69, 9.17) is 5.73 Å². The smallest absolute Gasteiger partial charge is 0.245 e. The zero-order valence-corrected chi connectivity index (χ0v) is 27.0. The first-order valence-electron chi connectivity index (χ1n) is 14.6. The van der Waals surface area contributed by atoms with Gasteiger partial charge in [-0.1, -0.05) is 0 Å². The van der Waals surface area contributed by atoms with Crippen molar-refractivity contribution in [1.82, 2.24) is 37.2 Å². The minimum Gasteiger partial charge on any atom is -0.550 e. The highest BCUT2D eigenvalue weighted by Crippen LogP contribution is 2.01. The van der Waals surface area contributed by atoms with Gasteiger partial charge >= 0.3 is 0 Å². The summed E-state index contributed by atoms with van der Waals surface area (Å²) in [7, 11) is 1.18. The summed E-state index contributed by atoms with van der Waals surface area (Å²) in [5.41, 5.74) is 4.98. The van der Waals surface area contributed by atoms with E-state index in [2.05, 4.69) is 5.32 Å². The van der Waals surface area contributed by atoms with Crippen molar-refractivity contribution in [3.05, 3.63) is 0 Å². The third-order valence-corrected chi connectivity index (χ3v) is 6.52. The molecule has 0 aliphatic carbocycles. The summed E-state index contributed by atoms with van der Waals surface area (Å²) in [4.78, 5) is 132. The number of amides is 7. The molecule has 0 bridgehead atoms. The molecule has 0 aromatic rings. The number of primary amides is 1. The maximum Gasteiger partial charge on any atom is 0.245 e. The lowest BCUT2D eigenvalue weighted by Crippen LogP contribution is -2.62. The topological polar surface area (TPSA) is 451 Å². The molecule has 0 aromatic heterocycles. The van der Waals surface area contributed by atoms with Gasteiger partial charge in [-0.05, 0) is 7.05 Å². The maximum atomic E-state index is 12.9. The number of nitrogens with one attached hydrogen (secondary N) is 7. The second-order valence-electron chi connectivity index (χ2n) is 10.5. The first-order valence-corrected chi connectivity index (χ1v) is 14.6. The molecule has 3 unspecified atom stereocenters. The Bertz CT molecular complexity index is 1380. The molecule has 0 radical (unpaired) electrons. The lowest BCUT2D eigenvalue weighted by atomic mass is 10.1. The third kappa shape index (κ3) is 16.6. The van der Waals surface area contributed by atoms with Crippen LogP contribution in [0.25, 0.3) is 0 Å². The van der Waals surface area contributed by atoms with Crippen molar-refractivity contribution in [3.8, 4) is 0 Å². The highest BCUT2D eigenvalue weighted by Gasteiger charge is 2.33. The number of aliphatic carboxylic acids is 4. The summed E-state index contributed by atoms with van der Waals surface area (Å²) in [6.45, 7) is -3.72. The van der Waals surface area contributed by atoms with Crippen molar-refractivity contribution in [2.45, 2.75) is 68.0 Å². The predicted molar refractivity (Wildman–Crippen MR) is 153 cm³/mol. The molecule has 52 heavy (non-hydrogen) atoms. The van der Waals surface area contributed by atoms with Crippen LogP contribution >= 0.6 is 0 Å². The van der Waals surface area contributed by atoms with Gasteiger partial charge in [0, 0.05) is 49.6 Å². The van der Waals surface area contributed by atoms with Crippen molar-refractivity contribution in [2.24, 2.45) is 5.73 Å². The average Bonchev–Trinajstić information content (AvgIpc) is 3.04. The van der Waals surface area contributed by atoms with Gasteiger partial charge in [0.15, 0.2) is 0 Å². The van der Waals surface area contributed by atoms with E-state index in [1.54, 1.807) is 21.3 Å². The SMILES string of the molecule is CN[C@@H](CC(=O)[O-])C(=O)NC(CO)C(=O)N[C@@H](CC(=O)[O-])C(=O)NC(CO)C(=O)N[C@@H](CC(=O)[O-])C(=O)NC(CO)C(=O)N[C@@H](CC(=O)[O-])C(N)=O. The van der Waals surface area contributed by atoms with Crippen LogP contribution in [0.2, 0.25) is 0 Å². The lowest BCUT2D eigenvalue weighted by molar-refractivity contribution is -0.307. The first kappa shape index (κ1) is 46.0. The third-order valence-electron chi connectivity index (χ3n) is 6.52. The Hall–Kier alpha value is -5.99. The Morgan fingerprint density at radius 2 is 0.635 bits per heavy atom. The van der Waals surface area contributed by atoms with E-state index in [-0.39, 0.29) is 0 Å². The lowest BCUT2D eigenvalue weighted by Gasteiger charge is -2.27. The van der Waals surface area contributed by atoms with Crippen LogP contribution in [-0.2, 0) is 52.7 Å². The van der Waals surface area contributed by atoms with E-state index >= 15 is 0 Å². The van der Waals surface area contributed by atoms with Gasteiger partial charge in [0.05, 0.1) is 25.9 Å². The fraction of sp³-hybridized carbons (Fsp3) is 0.577. The average molecular weight is 749 g/mol. The molecule has 7 atom stereocenters. The van der Waals surface area contributed by atoms with Crippen LogP contribution in [0.1, 0.15) is 25.7 Å². The molecule has 7 amide bonds. The first-order chi connectivity index (χ1) is 24.2. The Morgan fingerprint density at radius 1 is 0.423 bits per heavy atom. The van der Waals surface area contributed by atoms with Gasteiger partial charge in [0.1, 0.15) is 36.3 Å². The Balaban J connectivity index is 5.90. The summed E-state index contributed by atoms with van der Waals surface area (Å²) in [5, 5.41) is 86.3. The zero-order chi connectivity index (χ0) is 40.3. The van der Waals surface area contributed by atoms with E-state index in [0.717, 1.165) is 0 Å². The van der Waals surface area contributed by atoms with Gasteiger partial charge < -0.3 is 97.9 Å². The van der Waals surface area contributed by atoms with Crippen molar-refractivity contribution in [2.75, 3.05) is 26.9 Å². The highest BCUT2D eigenvalue weighted by molar-refractivity contribution is 5.99. The largest absolute Gasteiger partial charge is 0.550 e. The number of aliphatic hydroxyl groups excluding tert-OH is 3. The van der Waals surface area contributed by atoms with Crippen LogP contribution in [0, 0.1) is 0 Å². The van der Waals surface area contributed by atoms with Crippen LogP contribution < -0.4 is 63.4 Å². The van der Waals surface area contributed by atoms with E-state index in [1.165, 1.54) is 7.05 Å². The number of likely N-dealkylation sites (N-methyl/N-ethyl adjacent to an activating group) is 1. The van der Waals surface area contributed by atoms with Crippen molar-refractivity contribution in [1.29, 1.82) is 0 Å². The summed E-state index contributed by atoms with van der Waals surface area (Å²) < 4.78 is 0. The molecule has 26 nitrogen and oxygen atoms in total. The fourth-order valence-electron chi connectivity index (χ4n) is 3.85. The van der Waals surface area contributed by atoms with E-state index < -0.39 is 153 Å². The molecule has 0 fully saturated rings. The second kappa shape index (κ2) is 22.7. The number of hydrogen-bond acceptors (Lipinski definition) is 19. The number of aliphatic hydroxyl groups is 3. The second-order valence-corrected chi connectivity index (χ2v) is 10.5. The number of carboxylic acid groups (broad SMARTS) is 4. The van der Waals surface area contributed by atoms with E-state index in [9.17, 15) is 88.5 Å². The molecule has 0 rings (SSSR count). The van der Waals surface area contributed by atoms with Crippen LogP contribution in [0.15, 0.2) is 0 Å². The van der Waals surface area contributed by atoms with Gasteiger partial charge in [-0.2, -0.15) is 0 Å². The number of carboxylic acids is 4. The number of hydrogen-bond donors (Lipinski definition) is 11. The van der Waals surface area contributed by atoms with Crippen molar-refractivity contribution in [3.63, 3.8) is 0 Å². The summed E-state index contributed by atoms with van der Waals surface area (Å²) in [5.74, 6) is -17.3. The number of carbonyl (C=O) groups excluding carboxylic acids is 11. The molecule has 0 aromatic carbocycles. The Morgan fingerprint density at radius 3 is 0.885 bits per heavy atom. The molecular weight excluding hydrogens is 712 g/mol. The van der Waals surface area contributed by atoms with Gasteiger partial charge in [-0.15, -0.1) is 0 Å². The molecular formula is C26H36N8O18-4. The molecule has 0 spiro atoms. The van der Waals surface area contributed by atoms with Gasteiger partial charge in [-0.25, -0.2) is 0 Å². The molecule has 0 aliphatic heterocycles. The van der Waals surface area contributed by atoms with Gasteiger partial charge in [0.25, 0.3) is 0 Å². The summed E-state index contributed by atoms with van der Waals surface area (Å²) in [6.07, 6.45) is -4.63. The van der Waals surface area contributed by atoms with E-state index in [1.807, 2.05) is 10.6 Å². The van der Waals surface area contributed by atoms with Crippen LogP contribution in [0.4, 0.5) is 0 Å². The number of carbonyl (C=O) groups is 11. The minimum absolute atomic E-state index is 0.866. The monoisotopic (exact) mass is 748 g/mol. The van der Waals surface area contributed by atoms with Crippen LogP contribution in [0.5, 0.6) is 0 Å². The van der Waals surface area contributed by atoms with E-state index in [0.29, 0.717) is 0 Å². The predicted octanol–water partition coefficient (Wildman–Crippen LogP) is -14.5. The minimum atomic E-state index is -2.19. The maximum absolute atomic E-state index is 12.9. The van der Waals surface area contributed by atoms with Crippen molar-refractivity contribution < 1.29 is 88.5 Å². The molecule has 26 heteroatoms. The zero-order valence-electron chi connectivity index (χ0n) is 27.0. The molecule has 0 heterocycles. The van der Waals surface area contributed by atoms with Gasteiger partial charge in [0.2, 0.25) is 41.4 Å². The highest BCUT2D eigenvalue weighted by atomic mass is 16.4. The summed E-state index contributed by atoms with van der Waals surface area (Å²) in [6, 6.07) is -13.7. The number of rotatable bonds is 25. The molecule has 292 valence electrons. The molecule has 0 saturated heterocycles. The molecule has 0 aliphatic rings. The van der Waals surface area contributed by atoms with Gasteiger partial charge in [-0.3, -0.25) is 33.6 Å². The molecule has 12 N–H and O–H groups in total. The normalized spacial score (nSPS) is 14.7. The quantitative estimate of drug-likeness (QED) is 0.0413. The number of nitrogens with two attached hydrogens (primary N) is 1. The van der Waals surface area contributed by atoms with Crippen LogP contribution in [-0.4, -0.2) is 150 Å². The Labute approximate surface area is 291 Å². The Kier molecular flexibility index (Phi) is 20.1. The summed E-state index contributed by atoms with van der Waals surface area (Å²) >= 11 is 0. The molecule has 0 saturated carbocycles. The fourth-order valence-corrected chi connectivity index (χ4v) is 3.85.